The van der Waals surface area contributed by atoms with Crippen LogP contribution in [0.4, 0.5) is 0 Å². The summed E-state index contributed by atoms with van der Waals surface area (Å²) in [7, 11) is 0. The molecule has 0 aromatic heterocycles. The summed E-state index contributed by atoms with van der Waals surface area (Å²) in [5, 5.41) is 20.5. The van der Waals surface area contributed by atoms with Gasteiger partial charge in [-0.2, -0.15) is 0 Å². The van der Waals surface area contributed by atoms with Gasteiger partial charge in [-0.1, -0.05) is 0 Å². The Morgan fingerprint density at radius 3 is 2.62 bits per heavy atom. The average Bonchev–Trinajstić information content (AvgIpc) is 2.48. The molecule has 3 N–H and O–H groups in total. The first kappa shape index (κ1) is 14.1. The van der Waals surface area contributed by atoms with E-state index in [0.717, 1.165) is 32.5 Å². The van der Waals surface area contributed by atoms with Crippen molar-refractivity contribution in [1.29, 1.82) is 5.41 Å². The third-order valence-electron chi connectivity index (χ3n) is 4.64. The van der Waals surface area contributed by atoms with Gasteiger partial charge in [0.2, 0.25) is 0 Å². The van der Waals surface area contributed by atoms with Crippen LogP contribution in [0.3, 0.4) is 0 Å². The summed E-state index contributed by atoms with van der Waals surface area (Å²) in [6, 6.07) is 4.96. The van der Waals surface area contributed by atoms with Crippen LogP contribution in [0.2, 0.25) is 0 Å². The number of hydrogen-bond acceptors (Lipinski definition) is 4. The smallest absolute Gasteiger partial charge is 0.251 e. The van der Waals surface area contributed by atoms with E-state index < -0.39 is 0 Å². The number of carbonyl (C=O) groups excluding carboxylic acids is 1. The SMILES string of the molecule is CC(=N)c1ccc(C(=O)NC2CN3CCC2CC3)cc1O. The number of nitrogens with one attached hydrogen (secondary N) is 2. The van der Waals surface area contributed by atoms with Gasteiger partial charge < -0.3 is 20.7 Å². The molecule has 4 rings (SSSR count). The zero-order valence-electron chi connectivity index (χ0n) is 12.2. The molecule has 1 aromatic rings. The van der Waals surface area contributed by atoms with E-state index in [2.05, 4.69) is 10.2 Å². The molecular weight excluding hydrogens is 266 g/mol. The van der Waals surface area contributed by atoms with Crippen LogP contribution in [0.5, 0.6) is 5.75 Å². The summed E-state index contributed by atoms with van der Waals surface area (Å²) in [5.74, 6) is 0.429. The number of amides is 1. The maximum atomic E-state index is 12.3. The molecule has 1 atom stereocenters. The van der Waals surface area contributed by atoms with Crippen LogP contribution in [-0.4, -0.2) is 47.3 Å². The van der Waals surface area contributed by atoms with Crippen molar-refractivity contribution >= 4 is 11.6 Å². The molecule has 3 heterocycles. The number of aromatic hydroxyl groups is 1. The van der Waals surface area contributed by atoms with E-state index in [1.807, 2.05) is 0 Å². The summed E-state index contributed by atoms with van der Waals surface area (Å²) in [6.07, 6.45) is 2.31. The average molecular weight is 287 g/mol. The Labute approximate surface area is 124 Å². The lowest BCUT2D eigenvalue weighted by Crippen LogP contribution is -2.57. The number of fused-ring (bicyclic) bond motifs is 3. The molecule has 3 aliphatic rings. The molecule has 3 saturated heterocycles. The number of benzene rings is 1. The first-order chi connectivity index (χ1) is 10.0. The van der Waals surface area contributed by atoms with Crippen LogP contribution < -0.4 is 5.32 Å². The van der Waals surface area contributed by atoms with E-state index in [1.54, 1.807) is 19.1 Å². The van der Waals surface area contributed by atoms with Crippen molar-refractivity contribution < 1.29 is 9.90 Å². The van der Waals surface area contributed by atoms with Crippen molar-refractivity contribution in [2.45, 2.75) is 25.8 Å². The Morgan fingerprint density at radius 2 is 2.10 bits per heavy atom. The Bertz CT molecular complexity index is 577. The van der Waals surface area contributed by atoms with Gasteiger partial charge in [0, 0.05) is 29.4 Å². The Balaban J connectivity index is 1.71. The lowest BCUT2D eigenvalue weighted by atomic mass is 9.84. The molecule has 112 valence electrons. The number of carbonyl (C=O) groups is 1. The highest BCUT2D eigenvalue weighted by molar-refractivity contribution is 6.01. The fraction of sp³-hybridized carbons (Fsp3) is 0.500. The lowest BCUT2D eigenvalue weighted by Gasteiger charge is -2.44. The standard InChI is InChI=1S/C16H21N3O2/c1-10(17)13-3-2-12(8-15(13)20)16(21)18-14-9-19-6-4-11(14)5-7-19/h2-3,8,11,14,17,20H,4-7,9H2,1H3,(H,18,21). The summed E-state index contributed by atoms with van der Waals surface area (Å²) >= 11 is 0. The van der Waals surface area contributed by atoms with Crippen molar-refractivity contribution in [1.82, 2.24) is 10.2 Å². The van der Waals surface area contributed by atoms with Gasteiger partial charge in [-0.3, -0.25) is 4.79 Å². The first-order valence-corrected chi connectivity index (χ1v) is 7.46. The molecule has 21 heavy (non-hydrogen) atoms. The number of rotatable bonds is 3. The second-order valence-corrected chi connectivity index (χ2v) is 6.07. The number of phenolic OH excluding ortho intramolecular Hbond substituents is 1. The first-order valence-electron chi connectivity index (χ1n) is 7.46. The molecule has 0 aliphatic carbocycles. The van der Waals surface area contributed by atoms with Gasteiger partial charge in [-0.05, 0) is 57.0 Å². The van der Waals surface area contributed by atoms with Gasteiger partial charge in [0.1, 0.15) is 5.75 Å². The van der Waals surface area contributed by atoms with Gasteiger partial charge in [0.15, 0.2) is 0 Å². The molecule has 3 aliphatic heterocycles. The third-order valence-corrected chi connectivity index (χ3v) is 4.64. The summed E-state index contributed by atoms with van der Waals surface area (Å²) < 4.78 is 0. The second-order valence-electron chi connectivity index (χ2n) is 6.07. The minimum Gasteiger partial charge on any atom is -0.507 e. The van der Waals surface area contributed by atoms with Crippen LogP contribution in [-0.2, 0) is 0 Å². The summed E-state index contributed by atoms with van der Waals surface area (Å²) in [6.45, 7) is 4.83. The molecular formula is C16H21N3O2. The van der Waals surface area contributed by atoms with E-state index in [0.29, 0.717) is 17.0 Å². The number of phenols is 1. The zero-order valence-corrected chi connectivity index (χ0v) is 12.2. The Morgan fingerprint density at radius 1 is 1.38 bits per heavy atom. The van der Waals surface area contributed by atoms with Gasteiger partial charge in [-0.25, -0.2) is 0 Å². The topological polar surface area (TPSA) is 76.4 Å². The van der Waals surface area contributed by atoms with Gasteiger partial charge in [-0.15, -0.1) is 0 Å². The van der Waals surface area contributed by atoms with Crippen molar-refractivity contribution in [2.24, 2.45) is 5.92 Å². The monoisotopic (exact) mass is 287 g/mol. The molecule has 1 aromatic carbocycles. The maximum Gasteiger partial charge on any atom is 0.251 e. The van der Waals surface area contributed by atoms with E-state index in [-0.39, 0.29) is 23.4 Å². The van der Waals surface area contributed by atoms with E-state index in [4.69, 9.17) is 5.41 Å². The van der Waals surface area contributed by atoms with Gasteiger partial charge >= 0.3 is 0 Å². The third kappa shape index (κ3) is 2.78. The Kier molecular flexibility index (Phi) is 3.68. The van der Waals surface area contributed by atoms with Crippen LogP contribution in [0.25, 0.3) is 0 Å². The van der Waals surface area contributed by atoms with Crippen LogP contribution in [0, 0.1) is 11.3 Å². The van der Waals surface area contributed by atoms with E-state index in [1.165, 1.54) is 6.07 Å². The molecule has 0 radical (unpaired) electrons. The van der Waals surface area contributed by atoms with Crippen LogP contribution in [0.15, 0.2) is 18.2 Å². The van der Waals surface area contributed by atoms with Crippen molar-refractivity contribution in [2.75, 3.05) is 19.6 Å². The maximum absolute atomic E-state index is 12.3. The van der Waals surface area contributed by atoms with E-state index >= 15 is 0 Å². The predicted octanol–water partition coefficient (Wildman–Crippen LogP) is 1.60. The van der Waals surface area contributed by atoms with E-state index in [9.17, 15) is 9.90 Å². The molecule has 1 unspecified atom stereocenters. The minimum atomic E-state index is -0.141. The molecule has 5 nitrogen and oxygen atoms in total. The van der Waals surface area contributed by atoms with Crippen molar-refractivity contribution in [3.8, 4) is 5.75 Å². The molecule has 5 heteroatoms. The molecule has 0 spiro atoms. The quantitative estimate of drug-likeness (QED) is 0.739. The highest BCUT2D eigenvalue weighted by Crippen LogP contribution is 2.28. The predicted molar refractivity (Wildman–Crippen MR) is 81.0 cm³/mol. The molecule has 1 amide bonds. The largest absolute Gasteiger partial charge is 0.507 e. The second kappa shape index (κ2) is 5.48. The molecule has 0 saturated carbocycles. The zero-order chi connectivity index (χ0) is 15.0. The number of nitrogens with zero attached hydrogens (tertiary/aromatic N) is 1. The molecule has 3 fully saturated rings. The van der Waals surface area contributed by atoms with Crippen molar-refractivity contribution in [3.63, 3.8) is 0 Å². The lowest BCUT2D eigenvalue weighted by molar-refractivity contribution is 0.0620. The normalized spacial score (nSPS) is 27.4. The number of hydrogen-bond donors (Lipinski definition) is 3. The van der Waals surface area contributed by atoms with Gasteiger partial charge in [0.05, 0.1) is 0 Å². The Hall–Kier alpha value is -1.88. The fourth-order valence-electron chi connectivity index (χ4n) is 3.37. The highest BCUT2D eigenvalue weighted by Gasteiger charge is 2.34. The summed E-state index contributed by atoms with van der Waals surface area (Å²) in [5.41, 5.74) is 1.21. The molecule has 2 bridgehead atoms. The minimum absolute atomic E-state index is 0.0101. The highest BCUT2D eigenvalue weighted by atomic mass is 16.3. The number of piperidine rings is 3. The van der Waals surface area contributed by atoms with Crippen LogP contribution >= 0.6 is 0 Å². The van der Waals surface area contributed by atoms with Gasteiger partial charge in [0.25, 0.3) is 5.91 Å². The van der Waals surface area contributed by atoms with Crippen molar-refractivity contribution in [3.05, 3.63) is 29.3 Å². The summed E-state index contributed by atoms with van der Waals surface area (Å²) in [4.78, 5) is 14.7. The van der Waals surface area contributed by atoms with Crippen LogP contribution in [0.1, 0.15) is 35.7 Å². The fourth-order valence-corrected chi connectivity index (χ4v) is 3.37.